The molecule has 0 aliphatic carbocycles. The average Bonchev–Trinajstić information content (AvgIpc) is 2.66. The average molecular weight is 220 g/mol. The lowest BCUT2D eigenvalue weighted by Gasteiger charge is -1.97. The molecule has 16 heavy (non-hydrogen) atoms. The van der Waals surface area contributed by atoms with Gasteiger partial charge in [-0.3, -0.25) is 0 Å². The highest BCUT2D eigenvalue weighted by atomic mass is 19.1. The van der Waals surface area contributed by atoms with E-state index in [2.05, 4.69) is 10.1 Å². The molecule has 5 nitrogen and oxygen atoms in total. The maximum atomic E-state index is 12.8. The summed E-state index contributed by atoms with van der Waals surface area (Å²) in [7, 11) is 0. The Bertz CT molecular complexity index is 523. The number of carbonyl (C=O) groups is 1. The molecule has 0 bridgehead atoms. The summed E-state index contributed by atoms with van der Waals surface area (Å²) < 4.78 is 13.8. The maximum absolute atomic E-state index is 12.8. The molecule has 1 amide bonds. The SMILES string of the molecule is NC(=O)n1ccc(Cc2cccc(F)n2)n1. The fourth-order valence-corrected chi connectivity index (χ4v) is 1.31. The third-order valence-electron chi connectivity index (χ3n) is 2.01. The summed E-state index contributed by atoms with van der Waals surface area (Å²) in [6.07, 6.45) is 1.81. The Balaban J connectivity index is 2.17. The number of halogens is 1. The molecule has 2 rings (SSSR count). The number of hydrogen-bond donors (Lipinski definition) is 1. The predicted octanol–water partition coefficient (Wildman–Crippen LogP) is 0.935. The second-order valence-electron chi connectivity index (χ2n) is 3.22. The lowest BCUT2D eigenvalue weighted by atomic mass is 10.2. The molecule has 0 saturated carbocycles. The first-order chi connectivity index (χ1) is 7.65. The highest BCUT2D eigenvalue weighted by molar-refractivity contribution is 5.73. The Morgan fingerprint density at radius 2 is 2.19 bits per heavy atom. The van der Waals surface area contributed by atoms with Gasteiger partial charge in [-0.15, -0.1) is 0 Å². The first-order valence-corrected chi connectivity index (χ1v) is 4.61. The Morgan fingerprint density at radius 3 is 2.81 bits per heavy atom. The van der Waals surface area contributed by atoms with Gasteiger partial charge < -0.3 is 5.73 Å². The van der Waals surface area contributed by atoms with Gasteiger partial charge in [0.15, 0.2) is 0 Å². The van der Waals surface area contributed by atoms with Crippen molar-refractivity contribution in [2.24, 2.45) is 5.73 Å². The van der Waals surface area contributed by atoms with Gasteiger partial charge in [-0.1, -0.05) is 6.07 Å². The van der Waals surface area contributed by atoms with Crippen molar-refractivity contribution >= 4 is 6.03 Å². The monoisotopic (exact) mass is 220 g/mol. The van der Waals surface area contributed by atoms with Crippen molar-refractivity contribution in [1.82, 2.24) is 14.8 Å². The van der Waals surface area contributed by atoms with Crippen molar-refractivity contribution in [3.63, 3.8) is 0 Å². The predicted molar refractivity (Wildman–Crippen MR) is 54.2 cm³/mol. The Morgan fingerprint density at radius 1 is 1.38 bits per heavy atom. The van der Waals surface area contributed by atoms with Gasteiger partial charge in [0.1, 0.15) is 0 Å². The van der Waals surface area contributed by atoms with Gasteiger partial charge in [0, 0.05) is 18.3 Å². The highest BCUT2D eigenvalue weighted by Crippen LogP contribution is 2.05. The van der Waals surface area contributed by atoms with Gasteiger partial charge in [-0.25, -0.2) is 9.78 Å². The minimum Gasteiger partial charge on any atom is -0.350 e. The summed E-state index contributed by atoms with van der Waals surface area (Å²) in [5, 5.41) is 3.91. The second-order valence-corrected chi connectivity index (χ2v) is 3.22. The zero-order valence-electron chi connectivity index (χ0n) is 8.30. The second kappa shape index (κ2) is 4.09. The zero-order valence-corrected chi connectivity index (χ0v) is 8.30. The van der Waals surface area contributed by atoms with Crippen LogP contribution < -0.4 is 5.73 Å². The van der Waals surface area contributed by atoms with Crippen LogP contribution in [0.15, 0.2) is 30.5 Å². The van der Waals surface area contributed by atoms with Crippen LogP contribution in [0, 0.1) is 5.95 Å². The van der Waals surface area contributed by atoms with Crippen molar-refractivity contribution in [1.29, 1.82) is 0 Å². The molecule has 6 heteroatoms. The standard InChI is InChI=1S/C10H9FN4O/c11-9-3-1-2-7(13-9)6-8-4-5-15(14-8)10(12)16/h1-5H,6H2,(H2,12,16). The molecule has 0 radical (unpaired) electrons. The van der Waals surface area contributed by atoms with Gasteiger partial charge >= 0.3 is 6.03 Å². The third-order valence-corrected chi connectivity index (χ3v) is 2.01. The van der Waals surface area contributed by atoms with Crippen molar-refractivity contribution in [3.8, 4) is 0 Å². The molecule has 2 aromatic rings. The molecular weight excluding hydrogens is 211 g/mol. The molecule has 0 unspecified atom stereocenters. The lowest BCUT2D eigenvalue weighted by molar-refractivity contribution is 0.247. The van der Waals surface area contributed by atoms with E-state index in [0.717, 1.165) is 4.68 Å². The smallest absolute Gasteiger partial charge is 0.339 e. The molecule has 2 heterocycles. The van der Waals surface area contributed by atoms with E-state index in [1.807, 2.05) is 0 Å². The van der Waals surface area contributed by atoms with Gasteiger partial charge in [-0.2, -0.15) is 14.2 Å². The summed E-state index contributed by atoms with van der Waals surface area (Å²) >= 11 is 0. The summed E-state index contributed by atoms with van der Waals surface area (Å²) in [5.74, 6) is -0.535. The van der Waals surface area contributed by atoms with Gasteiger partial charge in [0.05, 0.1) is 5.69 Å². The number of nitrogens with two attached hydrogens (primary N) is 1. The van der Waals surface area contributed by atoms with Crippen LogP contribution in [0.1, 0.15) is 11.4 Å². The number of carbonyl (C=O) groups excluding carboxylic acids is 1. The summed E-state index contributed by atoms with van der Waals surface area (Å²) in [4.78, 5) is 14.5. The molecule has 0 fully saturated rings. The molecule has 0 atom stereocenters. The number of nitrogens with zero attached hydrogens (tertiary/aromatic N) is 3. The van der Waals surface area contributed by atoms with E-state index in [1.165, 1.54) is 12.3 Å². The van der Waals surface area contributed by atoms with E-state index < -0.39 is 12.0 Å². The van der Waals surface area contributed by atoms with Crippen LogP contribution in [-0.2, 0) is 6.42 Å². The van der Waals surface area contributed by atoms with Crippen LogP contribution in [0.5, 0.6) is 0 Å². The first-order valence-electron chi connectivity index (χ1n) is 4.61. The topological polar surface area (TPSA) is 73.8 Å². The molecule has 0 aromatic carbocycles. The zero-order chi connectivity index (χ0) is 11.5. The van der Waals surface area contributed by atoms with E-state index in [-0.39, 0.29) is 0 Å². The number of aromatic nitrogens is 3. The molecule has 0 spiro atoms. The van der Waals surface area contributed by atoms with Crippen LogP contribution in [0.2, 0.25) is 0 Å². The molecule has 0 saturated heterocycles. The first kappa shape index (κ1) is 10.3. The summed E-state index contributed by atoms with van der Waals surface area (Å²) in [6.45, 7) is 0. The molecular formula is C10H9FN4O. The fourth-order valence-electron chi connectivity index (χ4n) is 1.31. The van der Waals surface area contributed by atoms with Crippen molar-refractivity contribution in [2.45, 2.75) is 6.42 Å². The number of pyridine rings is 1. The molecule has 2 aromatic heterocycles. The normalized spacial score (nSPS) is 10.3. The largest absolute Gasteiger partial charge is 0.350 e. The minimum atomic E-state index is -0.654. The fraction of sp³-hybridized carbons (Fsp3) is 0.100. The number of primary amides is 1. The van der Waals surface area contributed by atoms with Gasteiger partial charge in [0.2, 0.25) is 5.95 Å². The minimum absolute atomic E-state index is 0.359. The van der Waals surface area contributed by atoms with Crippen molar-refractivity contribution < 1.29 is 9.18 Å². The van der Waals surface area contributed by atoms with Crippen LogP contribution in [-0.4, -0.2) is 20.8 Å². The third kappa shape index (κ3) is 2.22. The van der Waals surface area contributed by atoms with Gasteiger partial charge in [0.25, 0.3) is 0 Å². The molecule has 82 valence electrons. The number of rotatable bonds is 2. The van der Waals surface area contributed by atoms with Crippen LogP contribution in [0.25, 0.3) is 0 Å². The van der Waals surface area contributed by atoms with Crippen LogP contribution >= 0.6 is 0 Å². The Hall–Kier alpha value is -2.24. The van der Waals surface area contributed by atoms with E-state index in [4.69, 9.17) is 5.73 Å². The quantitative estimate of drug-likeness (QED) is 0.765. The van der Waals surface area contributed by atoms with Gasteiger partial charge in [-0.05, 0) is 18.2 Å². The van der Waals surface area contributed by atoms with E-state index >= 15 is 0 Å². The van der Waals surface area contributed by atoms with E-state index in [0.29, 0.717) is 17.8 Å². The molecule has 0 aliphatic rings. The lowest BCUT2D eigenvalue weighted by Crippen LogP contribution is -2.20. The Kier molecular flexibility index (Phi) is 2.63. The van der Waals surface area contributed by atoms with Crippen molar-refractivity contribution in [2.75, 3.05) is 0 Å². The Labute approximate surface area is 90.7 Å². The van der Waals surface area contributed by atoms with E-state index in [9.17, 15) is 9.18 Å². The van der Waals surface area contributed by atoms with Crippen LogP contribution in [0.3, 0.4) is 0 Å². The van der Waals surface area contributed by atoms with Crippen LogP contribution in [0.4, 0.5) is 9.18 Å². The highest BCUT2D eigenvalue weighted by Gasteiger charge is 2.05. The summed E-state index contributed by atoms with van der Waals surface area (Å²) in [6, 6.07) is 5.51. The number of hydrogen-bond acceptors (Lipinski definition) is 3. The number of amides is 1. The maximum Gasteiger partial charge on any atom is 0.339 e. The molecule has 0 aliphatic heterocycles. The van der Waals surface area contributed by atoms with E-state index in [1.54, 1.807) is 18.2 Å². The molecule has 2 N–H and O–H groups in total. The van der Waals surface area contributed by atoms with Crippen molar-refractivity contribution in [3.05, 3.63) is 47.8 Å². The summed E-state index contributed by atoms with van der Waals surface area (Å²) in [5.41, 5.74) is 6.19.